The fraction of sp³-hybridized carbons (Fsp3) is 0.333. The molecule has 1 aliphatic rings. The van der Waals surface area contributed by atoms with E-state index >= 15 is 0 Å². The van der Waals surface area contributed by atoms with Crippen LogP contribution in [0.5, 0.6) is 0 Å². The van der Waals surface area contributed by atoms with Gasteiger partial charge in [-0.1, -0.05) is 17.7 Å². The minimum absolute atomic E-state index is 0.0244. The summed E-state index contributed by atoms with van der Waals surface area (Å²) < 4.78 is 38.1. The molecule has 1 aliphatic heterocycles. The fourth-order valence-electron chi connectivity index (χ4n) is 1.63. The summed E-state index contributed by atoms with van der Waals surface area (Å²) in [6, 6.07) is 4.76. The summed E-state index contributed by atoms with van der Waals surface area (Å²) in [4.78, 5) is 1.62. The summed E-state index contributed by atoms with van der Waals surface area (Å²) in [5, 5.41) is 0.147. The monoisotopic (exact) mass is 264 g/mol. The van der Waals surface area contributed by atoms with E-state index in [1.54, 1.807) is 17.0 Å². The number of hydrogen-bond donors (Lipinski definition) is 1. The number of nitrogens with zero attached hydrogens (tertiary/aromatic N) is 1. The molecule has 0 radical (unpaired) electrons. The number of benzene rings is 1. The third kappa shape index (κ3) is 1.88. The third-order valence-electron chi connectivity index (χ3n) is 2.36. The van der Waals surface area contributed by atoms with Crippen LogP contribution in [0.1, 0.15) is 0 Å². The molecule has 1 aromatic rings. The average molecular weight is 265 g/mol. The van der Waals surface area contributed by atoms with E-state index in [0.29, 0.717) is 5.69 Å². The highest BCUT2D eigenvalue weighted by atomic mass is 35.5. The van der Waals surface area contributed by atoms with Gasteiger partial charge in [-0.05, 0) is 12.1 Å². The molecule has 0 aromatic heterocycles. The zero-order chi connectivity index (χ0) is 11.8. The van der Waals surface area contributed by atoms with Crippen LogP contribution in [0.2, 0.25) is 5.02 Å². The van der Waals surface area contributed by atoms with Crippen LogP contribution in [-0.4, -0.2) is 28.3 Å². The molecule has 0 fully saturated rings. The van der Waals surface area contributed by atoms with E-state index < -0.39 is 16.7 Å². The molecule has 16 heavy (non-hydrogen) atoms. The van der Waals surface area contributed by atoms with Crippen LogP contribution in [0, 0.1) is 0 Å². The summed E-state index contributed by atoms with van der Waals surface area (Å²) in [5.74, 6) is 0. The second-order valence-electron chi connectivity index (χ2n) is 3.35. The largest absolute Gasteiger partial charge is 0.354 e. The smallest absolute Gasteiger partial charge is 0.245 e. The Bertz CT molecular complexity index is 506. The lowest BCUT2D eigenvalue weighted by Crippen LogP contribution is -2.44. The SMILES string of the molecule is O=S1(=O)NCN(CCF)c2cccc(Cl)c21. The number of alkyl halides is 1. The molecule has 88 valence electrons. The van der Waals surface area contributed by atoms with Gasteiger partial charge in [0.2, 0.25) is 10.0 Å². The summed E-state index contributed by atoms with van der Waals surface area (Å²) in [5.41, 5.74) is 0.448. The molecule has 2 rings (SSSR count). The van der Waals surface area contributed by atoms with Crippen LogP contribution in [0.3, 0.4) is 0 Å². The van der Waals surface area contributed by atoms with Crippen molar-refractivity contribution in [2.24, 2.45) is 0 Å². The molecule has 1 aromatic carbocycles. The maximum Gasteiger partial charge on any atom is 0.245 e. The van der Waals surface area contributed by atoms with E-state index in [9.17, 15) is 12.8 Å². The van der Waals surface area contributed by atoms with Crippen molar-refractivity contribution in [3.63, 3.8) is 0 Å². The number of sulfonamides is 1. The topological polar surface area (TPSA) is 49.4 Å². The first-order valence-corrected chi connectivity index (χ1v) is 6.51. The Labute approximate surface area is 98.1 Å². The Morgan fingerprint density at radius 1 is 1.50 bits per heavy atom. The van der Waals surface area contributed by atoms with E-state index in [-0.39, 0.29) is 23.1 Å². The lowest BCUT2D eigenvalue weighted by molar-refractivity contribution is 0.483. The summed E-state index contributed by atoms with van der Waals surface area (Å²) in [7, 11) is -3.57. The van der Waals surface area contributed by atoms with Crippen molar-refractivity contribution in [3.8, 4) is 0 Å². The first kappa shape index (κ1) is 11.6. The molecule has 0 bridgehead atoms. The zero-order valence-electron chi connectivity index (χ0n) is 8.28. The van der Waals surface area contributed by atoms with Gasteiger partial charge in [0.05, 0.1) is 17.4 Å². The summed E-state index contributed by atoms with van der Waals surface area (Å²) in [6.07, 6.45) is 0. The number of hydrogen-bond acceptors (Lipinski definition) is 3. The molecule has 1 N–H and O–H groups in total. The van der Waals surface area contributed by atoms with Gasteiger partial charge in [0, 0.05) is 6.54 Å². The quantitative estimate of drug-likeness (QED) is 0.878. The molecular weight excluding hydrogens is 255 g/mol. The first-order chi connectivity index (χ1) is 7.56. The Morgan fingerprint density at radius 3 is 2.94 bits per heavy atom. The Hall–Kier alpha value is -0.850. The molecule has 0 amide bonds. The second-order valence-corrected chi connectivity index (χ2v) is 5.46. The van der Waals surface area contributed by atoms with Crippen molar-refractivity contribution in [1.29, 1.82) is 0 Å². The molecule has 7 heteroatoms. The standard InChI is InChI=1S/C9H10ClFN2O2S/c10-7-2-1-3-8-9(7)16(14,15)12-6-13(8)5-4-11/h1-3,12H,4-6H2. The van der Waals surface area contributed by atoms with Gasteiger partial charge in [0.15, 0.2) is 0 Å². The number of anilines is 1. The van der Waals surface area contributed by atoms with Crippen molar-refractivity contribution in [2.75, 3.05) is 24.8 Å². The van der Waals surface area contributed by atoms with Crippen LogP contribution in [0.25, 0.3) is 0 Å². The first-order valence-electron chi connectivity index (χ1n) is 4.65. The second kappa shape index (κ2) is 4.20. The van der Waals surface area contributed by atoms with Crippen LogP contribution in [0.4, 0.5) is 10.1 Å². The van der Waals surface area contributed by atoms with Gasteiger partial charge in [-0.2, -0.15) is 4.72 Å². The minimum atomic E-state index is -3.57. The molecule has 4 nitrogen and oxygen atoms in total. The van der Waals surface area contributed by atoms with Gasteiger partial charge >= 0.3 is 0 Å². The molecule has 0 spiro atoms. The maximum atomic E-state index is 12.3. The number of rotatable bonds is 2. The van der Waals surface area contributed by atoms with Gasteiger partial charge in [-0.3, -0.25) is 0 Å². The molecule has 0 unspecified atom stereocenters. The average Bonchev–Trinajstić information content (AvgIpc) is 2.22. The number of fused-ring (bicyclic) bond motifs is 1. The van der Waals surface area contributed by atoms with E-state index in [1.807, 2.05) is 0 Å². The van der Waals surface area contributed by atoms with Crippen molar-refractivity contribution < 1.29 is 12.8 Å². The third-order valence-corrected chi connectivity index (χ3v) is 4.26. The Kier molecular flexibility index (Phi) is 3.05. The predicted molar refractivity (Wildman–Crippen MR) is 60.0 cm³/mol. The maximum absolute atomic E-state index is 12.3. The molecule has 0 saturated carbocycles. The molecular formula is C9H10ClFN2O2S. The summed E-state index contributed by atoms with van der Waals surface area (Å²) in [6.45, 7) is -0.344. The number of nitrogens with one attached hydrogen (secondary N) is 1. The van der Waals surface area contributed by atoms with E-state index in [2.05, 4.69) is 4.72 Å². The molecule has 1 heterocycles. The van der Waals surface area contributed by atoms with Crippen LogP contribution in [0.15, 0.2) is 23.1 Å². The highest BCUT2D eigenvalue weighted by molar-refractivity contribution is 7.89. The minimum Gasteiger partial charge on any atom is -0.354 e. The van der Waals surface area contributed by atoms with Gasteiger partial charge < -0.3 is 4.90 Å². The van der Waals surface area contributed by atoms with Gasteiger partial charge in [0.1, 0.15) is 11.6 Å². The highest BCUT2D eigenvalue weighted by Gasteiger charge is 2.29. The van der Waals surface area contributed by atoms with E-state index in [4.69, 9.17) is 11.6 Å². The highest BCUT2D eigenvalue weighted by Crippen LogP contribution is 2.33. The molecule has 0 atom stereocenters. The van der Waals surface area contributed by atoms with Gasteiger partial charge in [-0.15, -0.1) is 0 Å². The fourth-order valence-corrected chi connectivity index (χ4v) is 3.38. The zero-order valence-corrected chi connectivity index (χ0v) is 9.85. The van der Waals surface area contributed by atoms with Crippen LogP contribution < -0.4 is 9.62 Å². The van der Waals surface area contributed by atoms with Crippen molar-refractivity contribution in [1.82, 2.24) is 4.72 Å². The van der Waals surface area contributed by atoms with Crippen LogP contribution >= 0.6 is 11.6 Å². The Morgan fingerprint density at radius 2 is 2.25 bits per heavy atom. The molecule has 0 aliphatic carbocycles. The van der Waals surface area contributed by atoms with Crippen LogP contribution in [-0.2, 0) is 10.0 Å². The normalized spacial score (nSPS) is 18.2. The Balaban J connectivity index is 2.58. The lowest BCUT2D eigenvalue weighted by Gasteiger charge is -2.30. The van der Waals surface area contributed by atoms with Crippen molar-refractivity contribution in [2.45, 2.75) is 4.90 Å². The van der Waals surface area contributed by atoms with E-state index in [0.717, 1.165) is 0 Å². The molecule has 0 saturated heterocycles. The predicted octanol–water partition coefficient (Wildman–Crippen LogP) is 1.37. The number of halogens is 2. The van der Waals surface area contributed by atoms with E-state index in [1.165, 1.54) is 6.07 Å². The van der Waals surface area contributed by atoms with Gasteiger partial charge in [-0.25, -0.2) is 12.8 Å². The lowest BCUT2D eigenvalue weighted by atomic mass is 10.3. The van der Waals surface area contributed by atoms with Crippen molar-refractivity contribution in [3.05, 3.63) is 23.2 Å². The van der Waals surface area contributed by atoms with Gasteiger partial charge in [0.25, 0.3) is 0 Å². The van der Waals surface area contributed by atoms with Crippen molar-refractivity contribution >= 4 is 27.3 Å². The summed E-state index contributed by atoms with van der Waals surface area (Å²) >= 11 is 5.85.